The smallest absolute Gasteiger partial charge is 0.394 e. The lowest BCUT2D eigenvalue weighted by Gasteiger charge is -2.41. The number of halogens is 4. The summed E-state index contributed by atoms with van der Waals surface area (Å²) >= 11 is 0. The van der Waals surface area contributed by atoms with Crippen LogP contribution < -0.4 is 9.80 Å². The second-order valence-corrected chi connectivity index (χ2v) is 10.6. The molecule has 0 spiro atoms. The molecule has 0 aromatic heterocycles. The van der Waals surface area contributed by atoms with Crippen molar-refractivity contribution in [3.63, 3.8) is 0 Å². The van der Waals surface area contributed by atoms with Gasteiger partial charge in [-0.05, 0) is 56.2 Å². The summed E-state index contributed by atoms with van der Waals surface area (Å²) in [5.74, 6) is -0.980. The molecule has 2 aliphatic rings. The monoisotopic (exact) mass is 501 g/mol. The van der Waals surface area contributed by atoms with Crippen LogP contribution in [0.25, 0.3) is 0 Å². The van der Waals surface area contributed by atoms with Crippen LogP contribution in [0.5, 0.6) is 0 Å². The van der Waals surface area contributed by atoms with Crippen LogP contribution in [0, 0.1) is 5.82 Å². The number of piperazine rings is 1. The van der Waals surface area contributed by atoms with Gasteiger partial charge in [0.05, 0.1) is 23.1 Å². The predicted molar refractivity (Wildman–Crippen MR) is 121 cm³/mol. The molecular weight excluding hydrogens is 474 g/mol. The zero-order chi connectivity index (χ0) is 24.7. The van der Waals surface area contributed by atoms with Crippen LogP contribution in [0.4, 0.5) is 28.9 Å². The maximum absolute atomic E-state index is 13.5. The molecule has 2 atom stereocenters. The Morgan fingerprint density at radius 2 is 1.85 bits per heavy atom. The minimum Gasteiger partial charge on any atom is -0.394 e. The number of sulfonamides is 1. The van der Waals surface area contributed by atoms with Crippen LogP contribution in [0.1, 0.15) is 25.3 Å². The molecule has 0 saturated carbocycles. The number of rotatable bonds is 5. The van der Waals surface area contributed by atoms with Crippen molar-refractivity contribution >= 4 is 21.4 Å². The SMILES string of the molecule is C[C@@H]1CN(c2ccc(F)cc2C(F)(F)F)CCN1S(=O)(=O)c1cccc(N2CCC[C@@H]2CO)c1. The Kier molecular flexibility index (Phi) is 6.80. The average Bonchev–Trinajstić information content (AvgIpc) is 3.27. The molecule has 2 heterocycles. The van der Waals surface area contributed by atoms with Crippen LogP contribution >= 0.6 is 0 Å². The molecule has 2 aromatic rings. The number of aliphatic hydroxyl groups excluding tert-OH is 1. The largest absolute Gasteiger partial charge is 0.418 e. The van der Waals surface area contributed by atoms with E-state index >= 15 is 0 Å². The van der Waals surface area contributed by atoms with Gasteiger partial charge < -0.3 is 14.9 Å². The van der Waals surface area contributed by atoms with Gasteiger partial charge in [0, 0.05) is 43.6 Å². The molecule has 2 aromatic carbocycles. The van der Waals surface area contributed by atoms with E-state index in [0.717, 1.165) is 31.5 Å². The van der Waals surface area contributed by atoms with Crippen molar-refractivity contribution in [2.24, 2.45) is 0 Å². The molecule has 34 heavy (non-hydrogen) atoms. The highest BCUT2D eigenvalue weighted by atomic mass is 32.2. The highest BCUT2D eigenvalue weighted by molar-refractivity contribution is 7.89. The van der Waals surface area contributed by atoms with Gasteiger partial charge in [-0.25, -0.2) is 12.8 Å². The highest BCUT2D eigenvalue weighted by Gasteiger charge is 2.39. The number of hydrogen-bond acceptors (Lipinski definition) is 5. The number of hydrogen-bond donors (Lipinski definition) is 1. The first-order valence-electron chi connectivity index (χ1n) is 11.1. The first kappa shape index (κ1) is 24.7. The quantitative estimate of drug-likeness (QED) is 0.633. The third kappa shape index (κ3) is 4.73. The third-order valence-corrected chi connectivity index (χ3v) is 8.52. The predicted octanol–water partition coefficient (Wildman–Crippen LogP) is 3.71. The normalized spacial score (nSPS) is 22.4. The summed E-state index contributed by atoms with van der Waals surface area (Å²) in [6, 6.07) is 8.42. The van der Waals surface area contributed by atoms with Crippen LogP contribution in [0.15, 0.2) is 47.4 Å². The minimum absolute atomic E-state index is 0.00855. The Hall–Kier alpha value is -2.37. The van der Waals surface area contributed by atoms with E-state index in [9.17, 15) is 31.1 Å². The van der Waals surface area contributed by atoms with E-state index < -0.39 is 33.6 Å². The van der Waals surface area contributed by atoms with Crippen molar-refractivity contribution in [1.82, 2.24) is 4.31 Å². The van der Waals surface area contributed by atoms with Gasteiger partial charge in [0.1, 0.15) is 5.82 Å². The third-order valence-electron chi connectivity index (χ3n) is 6.51. The summed E-state index contributed by atoms with van der Waals surface area (Å²) in [6.07, 6.45) is -2.99. The molecule has 6 nitrogen and oxygen atoms in total. The molecule has 0 amide bonds. The van der Waals surface area contributed by atoms with Gasteiger partial charge in [0.25, 0.3) is 0 Å². The van der Waals surface area contributed by atoms with E-state index in [4.69, 9.17) is 0 Å². The van der Waals surface area contributed by atoms with Crippen LogP contribution in [0.3, 0.4) is 0 Å². The lowest BCUT2D eigenvalue weighted by atomic mass is 10.1. The summed E-state index contributed by atoms with van der Waals surface area (Å²) in [6.45, 7) is 2.42. The Labute approximate surface area is 196 Å². The number of nitrogens with zero attached hydrogens (tertiary/aromatic N) is 3. The molecule has 0 radical (unpaired) electrons. The zero-order valence-corrected chi connectivity index (χ0v) is 19.5. The standard InChI is InChI=1S/C23H27F4N3O3S/c1-16-14-28(22-8-7-17(24)12-21(22)23(25,26)27)10-11-30(16)34(32,33)20-6-2-4-18(13-20)29-9-3-5-19(29)15-31/h2,4,6-8,12-13,16,19,31H,3,5,9-11,14-15H2,1H3/t16-,19-/m1/s1. The molecule has 186 valence electrons. The Morgan fingerprint density at radius 1 is 1.09 bits per heavy atom. The summed E-state index contributed by atoms with van der Waals surface area (Å²) in [7, 11) is -3.90. The van der Waals surface area contributed by atoms with Gasteiger partial charge in [-0.15, -0.1) is 0 Å². The molecule has 11 heteroatoms. The Balaban J connectivity index is 1.56. The zero-order valence-electron chi connectivity index (χ0n) is 18.7. The van der Waals surface area contributed by atoms with Gasteiger partial charge in [0.2, 0.25) is 10.0 Å². The molecular formula is C23H27F4N3O3S. The lowest BCUT2D eigenvalue weighted by molar-refractivity contribution is -0.137. The summed E-state index contributed by atoms with van der Waals surface area (Å²) in [5, 5.41) is 9.61. The van der Waals surface area contributed by atoms with Gasteiger partial charge in [-0.3, -0.25) is 0 Å². The molecule has 4 rings (SSSR count). The molecule has 2 fully saturated rings. The van der Waals surface area contributed by atoms with Crippen molar-refractivity contribution < 1.29 is 31.1 Å². The summed E-state index contributed by atoms with van der Waals surface area (Å²) < 4.78 is 82.1. The molecule has 0 aliphatic carbocycles. The fourth-order valence-corrected chi connectivity index (χ4v) is 6.50. The minimum atomic E-state index is -4.73. The van der Waals surface area contributed by atoms with Gasteiger partial charge in [-0.2, -0.15) is 17.5 Å². The maximum Gasteiger partial charge on any atom is 0.418 e. The maximum atomic E-state index is 13.5. The van der Waals surface area contributed by atoms with Gasteiger partial charge >= 0.3 is 6.18 Å². The van der Waals surface area contributed by atoms with E-state index in [2.05, 4.69) is 0 Å². The van der Waals surface area contributed by atoms with E-state index in [1.54, 1.807) is 19.1 Å². The number of alkyl halides is 3. The fourth-order valence-electron chi connectivity index (χ4n) is 4.85. The van der Waals surface area contributed by atoms with E-state index in [-0.39, 0.29) is 42.9 Å². The van der Waals surface area contributed by atoms with Crippen LogP contribution in [-0.2, 0) is 16.2 Å². The Morgan fingerprint density at radius 3 is 2.53 bits per heavy atom. The molecule has 0 unspecified atom stereocenters. The van der Waals surface area contributed by atoms with Crippen molar-refractivity contribution in [1.29, 1.82) is 0 Å². The second kappa shape index (κ2) is 9.35. The number of benzene rings is 2. The van der Waals surface area contributed by atoms with Gasteiger partial charge in [-0.1, -0.05) is 6.07 Å². The summed E-state index contributed by atoms with van der Waals surface area (Å²) in [4.78, 5) is 3.55. The topological polar surface area (TPSA) is 64.1 Å². The molecule has 2 saturated heterocycles. The van der Waals surface area contributed by atoms with Crippen molar-refractivity contribution in [2.45, 2.75) is 42.9 Å². The second-order valence-electron chi connectivity index (χ2n) is 8.74. The number of anilines is 2. The number of aliphatic hydroxyl groups is 1. The Bertz CT molecular complexity index is 1140. The van der Waals surface area contributed by atoms with Crippen molar-refractivity contribution in [3.05, 3.63) is 53.8 Å². The average molecular weight is 502 g/mol. The van der Waals surface area contributed by atoms with Crippen molar-refractivity contribution in [3.8, 4) is 0 Å². The van der Waals surface area contributed by atoms with E-state index in [0.29, 0.717) is 11.8 Å². The van der Waals surface area contributed by atoms with E-state index in [1.807, 2.05) is 11.0 Å². The molecule has 1 N–H and O–H groups in total. The van der Waals surface area contributed by atoms with Crippen LogP contribution in [0.2, 0.25) is 0 Å². The fraction of sp³-hybridized carbons (Fsp3) is 0.478. The lowest BCUT2D eigenvalue weighted by Crippen LogP contribution is -2.54. The van der Waals surface area contributed by atoms with Crippen LogP contribution in [-0.4, -0.2) is 62.7 Å². The molecule has 2 aliphatic heterocycles. The summed E-state index contributed by atoms with van der Waals surface area (Å²) in [5.41, 5.74) is -0.526. The van der Waals surface area contributed by atoms with Crippen molar-refractivity contribution in [2.75, 3.05) is 42.6 Å². The van der Waals surface area contributed by atoms with E-state index in [1.165, 1.54) is 15.3 Å². The molecule has 0 bridgehead atoms. The first-order chi connectivity index (χ1) is 16.0. The highest BCUT2D eigenvalue weighted by Crippen LogP contribution is 2.38. The first-order valence-corrected chi connectivity index (χ1v) is 12.6. The van der Waals surface area contributed by atoms with Gasteiger partial charge in [0.15, 0.2) is 0 Å².